The Morgan fingerprint density at radius 3 is 2.80 bits per heavy atom. The maximum Gasteiger partial charge on any atom is 0.352 e. The number of hydrogen-bond donors (Lipinski definition) is 1. The van der Waals surface area contributed by atoms with Crippen molar-refractivity contribution >= 4 is 34.5 Å². The number of hydrogen-bond acceptors (Lipinski definition) is 3. The smallest absolute Gasteiger partial charge is 0.352 e. The maximum atomic E-state index is 11.2. The van der Waals surface area contributed by atoms with Crippen LogP contribution in [0.15, 0.2) is 12.3 Å². The number of ether oxygens (including phenoxy) is 1. The molecule has 0 saturated heterocycles. The molecule has 0 atom stereocenters. The SMILES string of the molecule is CCOC(=O)Cn1cc(I)cc1C(=O)O. The highest BCUT2D eigenvalue weighted by atomic mass is 127. The zero-order valence-corrected chi connectivity index (χ0v) is 10.2. The predicted octanol–water partition coefficient (Wildman–Crippen LogP) is 1.35. The molecule has 1 aromatic heterocycles. The minimum Gasteiger partial charge on any atom is -0.477 e. The molecule has 5 nitrogen and oxygen atoms in total. The van der Waals surface area contributed by atoms with Gasteiger partial charge in [0.15, 0.2) is 0 Å². The molecule has 0 spiro atoms. The Morgan fingerprint density at radius 1 is 1.60 bits per heavy atom. The topological polar surface area (TPSA) is 68.5 Å². The van der Waals surface area contributed by atoms with Crippen LogP contribution < -0.4 is 0 Å². The van der Waals surface area contributed by atoms with Gasteiger partial charge in [0.05, 0.1) is 6.61 Å². The molecule has 0 fully saturated rings. The van der Waals surface area contributed by atoms with Crippen molar-refractivity contribution in [2.24, 2.45) is 0 Å². The molecule has 1 N–H and O–H groups in total. The summed E-state index contributed by atoms with van der Waals surface area (Å²) in [4.78, 5) is 22.0. The number of carboxylic acid groups (broad SMARTS) is 1. The van der Waals surface area contributed by atoms with Gasteiger partial charge in [-0.15, -0.1) is 0 Å². The van der Waals surface area contributed by atoms with Crippen LogP contribution in [0, 0.1) is 3.57 Å². The third-order valence-electron chi connectivity index (χ3n) is 1.69. The number of halogens is 1. The average molecular weight is 323 g/mol. The Hall–Kier alpha value is -1.05. The molecule has 0 radical (unpaired) electrons. The van der Waals surface area contributed by atoms with E-state index in [2.05, 4.69) is 0 Å². The van der Waals surface area contributed by atoms with Gasteiger partial charge < -0.3 is 14.4 Å². The molecule has 0 aromatic carbocycles. The summed E-state index contributed by atoms with van der Waals surface area (Å²) in [6.07, 6.45) is 1.60. The zero-order chi connectivity index (χ0) is 11.4. The lowest BCUT2D eigenvalue weighted by Crippen LogP contribution is -2.16. The number of nitrogens with zero attached hydrogens (tertiary/aromatic N) is 1. The fraction of sp³-hybridized carbons (Fsp3) is 0.333. The van der Waals surface area contributed by atoms with Crippen LogP contribution in [0.3, 0.4) is 0 Å². The van der Waals surface area contributed by atoms with Gasteiger partial charge in [0, 0.05) is 9.77 Å². The van der Waals surface area contributed by atoms with Gasteiger partial charge in [-0.3, -0.25) is 4.79 Å². The summed E-state index contributed by atoms with van der Waals surface area (Å²) in [5, 5.41) is 8.85. The van der Waals surface area contributed by atoms with Crippen LogP contribution in [0.4, 0.5) is 0 Å². The number of aromatic carboxylic acids is 1. The molecule has 0 unspecified atom stereocenters. The summed E-state index contributed by atoms with van der Waals surface area (Å²) in [5.74, 6) is -1.49. The van der Waals surface area contributed by atoms with E-state index in [9.17, 15) is 9.59 Å². The normalized spacial score (nSPS) is 10.0. The highest BCUT2D eigenvalue weighted by Gasteiger charge is 2.14. The Morgan fingerprint density at radius 2 is 2.27 bits per heavy atom. The van der Waals surface area contributed by atoms with Crippen LogP contribution in [-0.2, 0) is 16.1 Å². The van der Waals surface area contributed by atoms with E-state index in [1.165, 1.54) is 10.6 Å². The molecule has 0 aliphatic heterocycles. The Labute approximate surface area is 100 Å². The Balaban J connectivity index is 2.84. The monoisotopic (exact) mass is 323 g/mol. The van der Waals surface area contributed by atoms with Crippen LogP contribution in [-0.4, -0.2) is 28.2 Å². The quantitative estimate of drug-likeness (QED) is 0.671. The van der Waals surface area contributed by atoms with Crippen LogP contribution in [0.2, 0.25) is 0 Å². The second-order valence-electron chi connectivity index (χ2n) is 2.78. The fourth-order valence-electron chi connectivity index (χ4n) is 1.13. The molecule has 15 heavy (non-hydrogen) atoms. The third kappa shape index (κ3) is 3.22. The van der Waals surface area contributed by atoms with Crippen molar-refractivity contribution in [1.29, 1.82) is 0 Å². The summed E-state index contributed by atoms with van der Waals surface area (Å²) in [6, 6.07) is 1.50. The molecule has 0 bridgehead atoms. The lowest BCUT2D eigenvalue weighted by Gasteiger charge is -2.05. The van der Waals surface area contributed by atoms with Gasteiger partial charge >= 0.3 is 11.9 Å². The summed E-state index contributed by atoms with van der Waals surface area (Å²) in [5.41, 5.74) is 0.0902. The number of esters is 1. The van der Waals surface area contributed by atoms with Crippen molar-refractivity contribution in [2.75, 3.05) is 6.61 Å². The molecule has 82 valence electrons. The van der Waals surface area contributed by atoms with Crippen LogP contribution in [0.1, 0.15) is 17.4 Å². The maximum absolute atomic E-state index is 11.2. The lowest BCUT2D eigenvalue weighted by molar-refractivity contribution is -0.143. The van der Waals surface area contributed by atoms with Crippen LogP contribution in [0.5, 0.6) is 0 Å². The third-order valence-corrected chi connectivity index (χ3v) is 2.28. The molecule has 1 heterocycles. The second kappa shape index (κ2) is 5.15. The van der Waals surface area contributed by atoms with E-state index in [0.717, 1.165) is 3.57 Å². The van der Waals surface area contributed by atoms with E-state index in [-0.39, 0.29) is 12.2 Å². The van der Waals surface area contributed by atoms with Gasteiger partial charge in [-0.25, -0.2) is 4.79 Å². The highest BCUT2D eigenvalue weighted by molar-refractivity contribution is 14.1. The van der Waals surface area contributed by atoms with E-state index >= 15 is 0 Å². The summed E-state index contributed by atoms with van der Waals surface area (Å²) < 4.78 is 6.87. The van der Waals surface area contributed by atoms with Crippen molar-refractivity contribution in [3.05, 3.63) is 21.5 Å². The second-order valence-corrected chi connectivity index (χ2v) is 4.03. The number of carboxylic acids is 1. The first-order chi connectivity index (χ1) is 7.04. The Kier molecular flexibility index (Phi) is 4.13. The number of carbonyl (C=O) groups excluding carboxylic acids is 1. The zero-order valence-electron chi connectivity index (χ0n) is 8.07. The van der Waals surface area contributed by atoms with E-state index in [1.807, 2.05) is 22.6 Å². The molecule has 0 aliphatic carbocycles. The molecule has 1 aromatic rings. The summed E-state index contributed by atoms with van der Waals surface area (Å²) >= 11 is 1.99. The predicted molar refractivity (Wildman–Crippen MR) is 60.7 cm³/mol. The molecule has 1 rings (SSSR count). The molecule has 6 heteroatoms. The van der Waals surface area contributed by atoms with Crippen molar-refractivity contribution in [3.8, 4) is 0 Å². The largest absolute Gasteiger partial charge is 0.477 e. The molecule has 0 saturated carbocycles. The van der Waals surface area contributed by atoms with Crippen molar-refractivity contribution in [1.82, 2.24) is 4.57 Å². The average Bonchev–Trinajstić information content (AvgIpc) is 2.47. The van der Waals surface area contributed by atoms with Gasteiger partial charge in [0.25, 0.3) is 0 Å². The summed E-state index contributed by atoms with van der Waals surface area (Å²) in [6.45, 7) is 1.92. The van der Waals surface area contributed by atoms with E-state index in [4.69, 9.17) is 9.84 Å². The van der Waals surface area contributed by atoms with Gasteiger partial charge in [0.2, 0.25) is 0 Å². The van der Waals surface area contributed by atoms with Crippen LogP contribution >= 0.6 is 22.6 Å². The van der Waals surface area contributed by atoms with Gasteiger partial charge in [-0.05, 0) is 35.6 Å². The highest BCUT2D eigenvalue weighted by Crippen LogP contribution is 2.11. The molecular formula is C9H10INO4. The van der Waals surface area contributed by atoms with Gasteiger partial charge in [-0.2, -0.15) is 0 Å². The first-order valence-corrected chi connectivity index (χ1v) is 5.37. The van der Waals surface area contributed by atoms with Crippen molar-refractivity contribution < 1.29 is 19.4 Å². The van der Waals surface area contributed by atoms with E-state index < -0.39 is 11.9 Å². The Bertz CT molecular complexity index is 385. The van der Waals surface area contributed by atoms with Crippen LogP contribution in [0.25, 0.3) is 0 Å². The first kappa shape index (κ1) is 12.0. The fourth-order valence-corrected chi connectivity index (χ4v) is 1.76. The van der Waals surface area contributed by atoms with Gasteiger partial charge in [-0.1, -0.05) is 0 Å². The van der Waals surface area contributed by atoms with Crippen molar-refractivity contribution in [2.45, 2.75) is 13.5 Å². The summed E-state index contributed by atoms with van der Waals surface area (Å²) in [7, 11) is 0. The van der Waals surface area contributed by atoms with Gasteiger partial charge in [0.1, 0.15) is 12.2 Å². The minimum atomic E-state index is -1.05. The van der Waals surface area contributed by atoms with Crippen molar-refractivity contribution in [3.63, 3.8) is 0 Å². The first-order valence-electron chi connectivity index (χ1n) is 4.29. The number of aromatic nitrogens is 1. The standard InChI is InChI=1S/C9H10INO4/c1-2-15-8(12)5-11-4-6(10)3-7(11)9(13)14/h3-4H,2,5H2,1H3,(H,13,14). The van der Waals surface area contributed by atoms with E-state index in [1.54, 1.807) is 13.1 Å². The molecule has 0 amide bonds. The molecular weight excluding hydrogens is 313 g/mol. The minimum absolute atomic E-state index is 0.0710. The number of carbonyl (C=O) groups is 2. The van der Waals surface area contributed by atoms with E-state index in [0.29, 0.717) is 6.61 Å². The number of rotatable bonds is 4. The molecule has 0 aliphatic rings. The lowest BCUT2D eigenvalue weighted by atomic mass is 10.4.